The minimum atomic E-state index is -0.322. The number of carbonyl (C=O) groups excluding carboxylic acids is 1. The van der Waals surface area contributed by atoms with Gasteiger partial charge >= 0.3 is 0 Å². The van der Waals surface area contributed by atoms with Crippen LogP contribution >= 0.6 is 0 Å². The maximum Gasteiger partial charge on any atom is 0.278 e. The third-order valence-electron chi connectivity index (χ3n) is 7.79. The smallest absolute Gasteiger partial charge is 0.278 e. The topological polar surface area (TPSA) is 71.8 Å². The van der Waals surface area contributed by atoms with Crippen LogP contribution in [0.15, 0.2) is 48.5 Å². The largest absolute Gasteiger partial charge is 0.378 e. The van der Waals surface area contributed by atoms with Crippen LogP contribution in [0.3, 0.4) is 0 Å². The van der Waals surface area contributed by atoms with E-state index in [1.54, 1.807) is 23.7 Å². The summed E-state index contributed by atoms with van der Waals surface area (Å²) in [5.41, 5.74) is 3.39. The molecule has 7 heteroatoms. The summed E-state index contributed by atoms with van der Waals surface area (Å²) in [6, 6.07) is 13.9. The fraction of sp³-hybridized carbons (Fsp3) is 0.423. The lowest BCUT2D eigenvalue weighted by Crippen LogP contribution is -2.54. The second-order valence-electron chi connectivity index (χ2n) is 10.2. The first-order valence-corrected chi connectivity index (χ1v) is 11.8. The van der Waals surface area contributed by atoms with Crippen molar-refractivity contribution in [1.29, 1.82) is 0 Å². The summed E-state index contributed by atoms with van der Waals surface area (Å²) in [5, 5.41) is 15.1. The summed E-state index contributed by atoms with van der Waals surface area (Å²) in [4.78, 5) is 13.1. The first-order chi connectivity index (χ1) is 16.0. The Hall–Kier alpha value is -3.22. The maximum atomic E-state index is 13.3. The molecule has 0 spiro atoms. The van der Waals surface area contributed by atoms with Crippen molar-refractivity contribution in [2.45, 2.75) is 51.0 Å². The van der Waals surface area contributed by atoms with E-state index in [0.717, 1.165) is 29.1 Å². The molecule has 1 heterocycles. The lowest BCUT2D eigenvalue weighted by atomic mass is 9.53. The Kier molecular flexibility index (Phi) is 4.75. The van der Waals surface area contributed by atoms with Crippen molar-refractivity contribution in [3.8, 4) is 5.69 Å². The highest BCUT2D eigenvalue weighted by molar-refractivity contribution is 6.05. The van der Waals surface area contributed by atoms with Crippen LogP contribution in [-0.4, -0.2) is 26.4 Å². The van der Waals surface area contributed by atoms with E-state index >= 15 is 0 Å². The van der Waals surface area contributed by atoms with Gasteiger partial charge in [0.25, 0.3) is 5.91 Å². The van der Waals surface area contributed by atoms with E-state index in [4.69, 9.17) is 0 Å². The molecule has 4 aliphatic carbocycles. The highest BCUT2D eigenvalue weighted by atomic mass is 19.1. The summed E-state index contributed by atoms with van der Waals surface area (Å²) in [5.74, 6) is 1.90. The van der Waals surface area contributed by atoms with Crippen molar-refractivity contribution in [2.24, 2.45) is 17.8 Å². The molecule has 1 aromatic heterocycles. The Balaban J connectivity index is 1.23. The molecule has 4 saturated carbocycles. The monoisotopic (exact) mass is 445 g/mol. The zero-order chi connectivity index (χ0) is 22.6. The van der Waals surface area contributed by atoms with Crippen LogP contribution in [0, 0.1) is 30.5 Å². The average Bonchev–Trinajstić information content (AvgIpc) is 3.16. The van der Waals surface area contributed by atoms with Crippen LogP contribution in [-0.2, 0) is 0 Å². The molecule has 0 atom stereocenters. The van der Waals surface area contributed by atoms with Crippen molar-refractivity contribution in [3.05, 3.63) is 65.7 Å². The Morgan fingerprint density at radius 3 is 2.21 bits per heavy atom. The van der Waals surface area contributed by atoms with Gasteiger partial charge in [0.05, 0.1) is 22.8 Å². The number of nitrogens with one attached hydrogen (secondary N) is 2. The number of rotatable bonds is 5. The second-order valence-corrected chi connectivity index (χ2v) is 10.2. The van der Waals surface area contributed by atoms with Gasteiger partial charge in [-0.05, 0) is 99.6 Å². The highest BCUT2D eigenvalue weighted by Gasteiger charge is 2.51. The number of amides is 1. The summed E-state index contributed by atoms with van der Waals surface area (Å²) in [6.45, 7) is 1.79. The Morgan fingerprint density at radius 1 is 0.970 bits per heavy atom. The number of hydrogen-bond donors (Lipinski definition) is 2. The predicted molar refractivity (Wildman–Crippen MR) is 125 cm³/mol. The summed E-state index contributed by atoms with van der Waals surface area (Å²) >= 11 is 0. The normalized spacial score (nSPS) is 27.5. The van der Waals surface area contributed by atoms with Gasteiger partial charge < -0.3 is 10.6 Å². The van der Waals surface area contributed by atoms with E-state index in [0.29, 0.717) is 11.4 Å². The van der Waals surface area contributed by atoms with Crippen molar-refractivity contribution in [3.63, 3.8) is 0 Å². The quantitative estimate of drug-likeness (QED) is 0.556. The molecule has 0 unspecified atom stereocenters. The van der Waals surface area contributed by atoms with Crippen LogP contribution < -0.4 is 10.6 Å². The fourth-order valence-electron chi connectivity index (χ4n) is 6.80. The van der Waals surface area contributed by atoms with E-state index in [1.165, 1.54) is 50.7 Å². The molecule has 0 radical (unpaired) electrons. The zero-order valence-electron chi connectivity index (χ0n) is 18.7. The molecule has 6 nitrogen and oxygen atoms in total. The van der Waals surface area contributed by atoms with Crippen LogP contribution in [0.2, 0.25) is 0 Å². The first-order valence-electron chi connectivity index (χ1n) is 11.8. The minimum Gasteiger partial charge on any atom is -0.378 e. The van der Waals surface area contributed by atoms with Gasteiger partial charge in [-0.25, -0.2) is 9.07 Å². The van der Waals surface area contributed by atoms with E-state index in [9.17, 15) is 9.18 Å². The molecule has 4 fully saturated rings. The fourth-order valence-corrected chi connectivity index (χ4v) is 6.80. The molecule has 7 rings (SSSR count). The summed E-state index contributed by atoms with van der Waals surface area (Å²) < 4.78 is 14.8. The van der Waals surface area contributed by atoms with Gasteiger partial charge in [-0.3, -0.25) is 4.79 Å². The lowest BCUT2D eigenvalue weighted by molar-refractivity contribution is 0.0107. The molecule has 170 valence electrons. The second kappa shape index (κ2) is 7.68. The number of aromatic nitrogens is 3. The van der Waals surface area contributed by atoms with Crippen LogP contribution in [0.25, 0.3) is 5.69 Å². The number of benzene rings is 2. The number of halogens is 1. The molecule has 2 aromatic carbocycles. The number of anilines is 2. The van der Waals surface area contributed by atoms with Gasteiger partial charge in [0.15, 0.2) is 5.69 Å². The number of carbonyl (C=O) groups is 1. The molecule has 33 heavy (non-hydrogen) atoms. The van der Waals surface area contributed by atoms with Gasteiger partial charge in [0.1, 0.15) is 5.82 Å². The molecule has 4 bridgehead atoms. The number of para-hydroxylation sites is 2. The molecule has 0 aliphatic heterocycles. The van der Waals surface area contributed by atoms with Gasteiger partial charge in [0.2, 0.25) is 0 Å². The van der Waals surface area contributed by atoms with Gasteiger partial charge in [-0.1, -0.05) is 17.3 Å². The van der Waals surface area contributed by atoms with Crippen molar-refractivity contribution < 1.29 is 9.18 Å². The predicted octanol–water partition coefficient (Wildman–Crippen LogP) is 5.35. The third-order valence-corrected chi connectivity index (χ3v) is 7.79. The van der Waals surface area contributed by atoms with Crippen molar-refractivity contribution in [1.82, 2.24) is 15.0 Å². The maximum absolute atomic E-state index is 13.3. The first kappa shape index (κ1) is 20.4. The molecule has 1 amide bonds. The van der Waals surface area contributed by atoms with E-state index in [1.807, 2.05) is 18.2 Å². The van der Waals surface area contributed by atoms with Crippen LogP contribution in [0.4, 0.5) is 15.8 Å². The Morgan fingerprint density at radius 2 is 1.58 bits per heavy atom. The van der Waals surface area contributed by atoms with Crippen molar-refractivity contribution >= 4 is 17.3 Å². The van der Waals surface area contributed by atoms with E-state index < -0.39 is 0 Å². The molecule has 0 saturated heterocycles. The van der Waals surface area contributed by atoms with Crippen LogP contribution in [0.1, 0.15) is 54.7 Å². The van der Waals surface area contributed by atoms with Gasteiger partial charge in [-0.15, -0.1) is 5.10 Å². The Labute approximate surface area is 192 Å². The Bertz CT molecular complexity index is 1170. The third kappa shape index (κ3) is 3.69. The number of nitrogens with zero attached hydrogens (tertiary/aromatic N) is 3. The number of hydrogen-bond acceptors (Lipinski definition) is 4. The van der Waals surface area contributed by atoms with Crippen molar-refractivity contribution in [2.75, 3.05) is 10.6 Å². The molecular formula is C26H28FN5O. The van der Waals surface area contributed by atoms with Gasteiger partial charge in [-0.2, -0.15) is 0 Å². The van der Waals surface area contributed by atoms with Crippen LogP contribution in [0.5, 0.6) is 0 Å². The minimum absolute atomic E-state index is 0.150. The average molecular weight is 446 g/mol. The summed E-state index contributed by atoms with van der Waals surface area (Å²) in [7, 11) is 0. The molecular weight excluding hydrogens is 417 g/mol. The molecule has 3 aromatic rings. The van der Waals surface area contributed by atoms with E-state index in [2.05, 4.69) is 27.0 Å². The standard InChI is InChI=1S/C26H28FN5O/c1-16-24(30-31-32(16)21-8-6-20(27)7-9-21)25(33)28-22-4-2-3-5-23(22)29-26-13-17-10-18(14-26)12-19(11-17)15-26/h2-9,17-19,29H,10-15H2,1H3,(H,28,33). The van der Waals surface area contributed by atoms with Gasteiger partial charge in [0, 0.05) is 5.54 Å². The lowest BCUT2D eigenvalue weighted by Gasteiger charge is -2.57. The summed E-state index contributed by atoms with van der Waals surface area (Å²) in [6.07, 6.45) is 7.86. The van der Waals surface area contributed by atoms with E-state index in [-0.39, 0.29) is 23.0 Å². The highest BCUT2D eigenvalue weighted by Crippen LogP contribution is 2.56. The SMILES string of the molecule is Cc1c(C(=O)Nc2ccccc2NC23CC4CC(CC(C4)C2)C3)nnn1-c1ccc(F)cc1. The molecule has 2 N–H and O–H groups in total. The zero-order valence-corrected chi connectivity index (χ0v) is 18.7. The molecule has 4 aliphatic rings.